The van der Waals surface area contributed by atoms with Crippen LogP contribution in [0.15, 0.2) is 47.6 Å². The van der Waals surface area contributed by atoms with E-state index in [0.717, 1.165) is 62.3 Å². The number of ether oxygens (including phenoxy) is 1. The third kappa shape index (κ3) is 7.10. The van der Waals surface area contributed by atoms with Gasteiger partial charge in [-0.15, -0.1) is 0 Å². The predicted octanol–water partition coefficient (Wildman–Crippen LogP) is 2.64. The summed E-state index contributed by atoms with van der Waals surface area (Å²) in [5.74, 6) is 1.56. The lowest BCUT2D eigenvalue weighted by Gasteiger charge is -2.36. The fourth-order valence-corrected chi connectivity index (χ4v) is 3.48. The zero-order valence-electron chi connectivity index (χ0n) is 18.5. The molecule has 1 aliphatic heterocycles. The zero-order chi connectivity index (χ0) is 21.9. The number of nitrogens with zero attached hydrogens (tertiary/aromatic N) is 4. The Morgan fingerprint density at radius 1 is 1.06 bits per heavy atom. The SMILES string of the molecule is CCNC(=NCc1ccnc(N2CCN(c3ccc(F)cc3)CC2)c1)NCCOCC. The van der Waals surface area contributed by atoms with Crippen molar-refractivity contribution in [3.63, 3.8) is 0 Å². The normalized spacial score (nSPS) is 14.6. The van der Waals surface area contributed by atoms with Crippen LogP contribution in [0, 0.1) is 5.82 Å². The molecule has 31 heavy (non-hydrogen) atoms. The lowest BCUT2D eigenvalue weighted by molar-refractivity contribution is 0.152. The molecule has 0 aliphatic carbocycles. The number of hydrogen-bond acceptors (Lipinski definition) is 5. The summed E-state index contributed by atoms with van der Waals surface area (Å²) < 4.78 is 18.5. The van der Waals surface area contributed by atoms with Crippen LogP contribution in [0.4, 0.5) is 15.9 Å². The van der Waals surface area contributed by atoms with E-state index in [0.29, 0.717) is 19.8 Å². The zero-order valence-corrected chi connectivity index (χ0v) is 18.5. The summed E-state index contributed by atoms with van der Waals surface area (Å²) in [7, 11) is 0. The number of aliphatic imine (C=N–C) groups is 1. The summed E-state index contributed by atoms with van der Waals surface area (Å²) in [6.45, 7) is 11.0. The van der Waals surface area contributed by atoms with E-state index in [1.54, 1.807) is 0 Å². The fraction of sp³-hybridized carbons (Fsp3) is 0.478. The lowest BCUT2D eigenvalue weighted by Crippen LogP contribution is -2.46. The van der Waals surface area contributed by atoms with Crippen LogP contribution in [0.3, 0.4) is 0 Å². The molecule has 8 heteroatoms. The Hall–Kier alpha value is -2.87. The highest BCUT2D eigenvalue weighted by Crippen LogP contribution is 2.20. The van der Waals surface area contributed by atoms with Crippen molar-refractivity contribution >= 4 is 17.5 Å². The van der Waals surface area contributed by atoms with Crippen LogP contribution >= 0.6 is 0 Å². The summed E-state index contributed by atoms with van der Waals surface area (Å²) in [4.78, 5) is 13.8. The van der Waals surface area contributed by atoms with Crippen molar-refractivity contribution in [3.8, 4) is 0 Å². The van der Waals surface area contributed by atoms with Crippen LogP contribution in [0.5, 0.6) is 0 Å². The van der Waals surface area contributed by atoms with Crippen LogP contribution in [-0.4, -0.2) is 63.4 Å². The van der Waals surface area contributed by atoms with Crippen LogP contribution in [0.1, 0.15) is 19.4 Å². The number of anilines is 2. The Labute approximate surface area is 184 Å². The molecule has 168 valence electrons. The molecular weight excluding hydrogens is 395 g/mol. The van der Waals surface area contributed by atoms with Gasteiger partial charge in [-0.1, -0.05) is 0 Å². The Bertz CT molecular complexity index is 821. The van der Waals surface area contributed by atoms with E-state index in [1.165, 1.54) is 12.1 Å². The van der Waals surface area contributed by atoms with Crippen LogP contribution < -0.4 is 20.4 Å². The Balaban J connectivity index is 1.55. The molecule has 0 bridgehead atoms. The van der Waals surface area contributed by atoms with Gasteiger partial charge in [0.15, 0.2) is 5.96 Å². The van der Waals surface area contributed by atoms with Gasteiger partial charge in [-0.25, -0.2) is 14.4 Å². The highest BCUT2D eigenvalue weighted by molar-refractivity contribution is 5.79. The number of pyridine rings is 1. The molecule has 2 heterocycles. The monoisotopic (exact) mass is 428 g/mol. The molecule has 7 nitrogen and oxygen atoms in total. The van der Waals surface area contributed by atoms with E-state index in [2.05, 4.69) is 43.4 Å². The average Bonchev–Trinajstić information content (AvgIpc) is 2.81. The van der Waals surface area contributed by atoms with Gasteiger partial charge >= 0.3 is 0 Å². The van der Waals surface area contributed by atoms with Crippen molar-refractivity contribution < 1.29 is 9.13 Å². The molecule has 0 spiro atoms. The molecule has 0 saturated carbocycles. The molecule has 1 aliphatic rings. The molecule has 2 aromatic rings. The minimum atomic E-state index is -0.201. The quantitative estimate of drug-likeness (QED) is 0.364. The second kappa shape index (κ2) is 12.1. The molecule has 1 fully saturated rings. The maximum atomic E-state index is 13.2. The smallest absolute Gasteiger partial charge is 0.191 e. The van der Waals surface area contributed by atoms with E-state index in [9.17, 15) is 4.39 Å². The predicted molar refractivity (Wildman–Crippen MR) is 124 cm³/mol. The summed E-state index contributed by atoms with van der Waals surface area (Å²) in [5.41, 5.74) is 2.18. The molecule has 1 saturated heterocycles. The number of nitrogens with one attached hydrogen (secondary N) is 2. The number of benzene rings is 1. The van der Waals surface area contributed by atoms with Crippen molar-refractivity contribution in [1.29, 1.82) is 0 Å². The number of halogens is 1. The van der Waals surface area contributed by atoms with E-state index >= 15 is 0 Å². The number of rotatable bonds is 9. The van der Waals surface area contributed by atoms with Gasteiger partial charge in [0.1, 0.15) is 11.6 Å². The summed E-state index contributed by atoms with van der Waals surface area (Å²) >= 11 is 0. The van der Waals surface area contributed by atoms with Gasteiger partial charge in [0.05, 0.1) is 13.2 Å². The molecule has 0 unspecified atom stereocenters. The maximum Gasteiger partial charge on any atom is 0.191 e. The second-order valence-corrected chi connectivity index (χ2v) is 7.29. The van der Waals surface area contributed by atoms with Crippen molar-refractivity contribution in [3.05, 3.63) is 54.0 Å². The summed E-state index contributed by atoms with van der Waals surface area (Å²) in [5, 5.41) is 6.55. The fourth-order valence-electron chi connectivity index (χ4n) is 3.48. The molecule has 1 aromatic heterocycles. The van der Waals surface area contributed by atoms with Crippen LogP contribution in [-0.2, 0) is 11.3 Å². The first-order valence-electron chi connectivity index (χ1n) is 11.0. The first kappa shape index (κ1) is 22.8. The van der Waals surface area contributed by atoms with Gasteiger partial charge in [-0.3, -0.25) is 0 Å². The first-order valence-corrected chi connectivity index (χ1v) is 11.0. The van der Waals surface area contributed by atoms with Gasteiger partial charge in [0.25, 0.3) is 0 Å². The molecule has 0 atom stereocenters. The molecule has 3 rings (SSSR count). The van der Waals surface area contributed by atoms with E-state index < -0.39 is 0 Å². The van der Waals surface area contributed by atoms with Gasteiger partial charge in [0, 0.05) is 57.8 Å². The largest absolute Gasteiger partial charge is 0.380 e. The Morgan fingerprint density at radius 2 is 1.81 bits per heavy atom. The standard InChI is InChI=1S/C23H33FN6O/c1-3-25-23(27-11-16-31-4-2)28-18-19-9-10-26-22(17-19)30-14-12-29(13-15-30)21-7-5-20(24)6-8-21/h5-10,17H,3-4,11-16,18H2,1-2H3,(H2,25,27,28). The topological polar surface area (TPSA) is 65.0 Å². The van der Waals surface area contributed by atoms with Crippen molar-refractivity contribution in [1.82, 2.24) is 15.6 Å². The van der Waals surface area contributed by atoms with E-state index in [1.807, 2.05) is 31.3 Å². The van der Waals surface area contributed by atoms with Crippen molar-refractivity contribution in [2.24, 2.45) is 4.99 Å². The van der Waals surface area contributed by atoms with Crippen molar-refractivity contribution in [2.45, 2.75) is 20.4 Å². The van der Waals surface area contributed by atoms with Crippen LogP contribution in [0.25, 0.3) is 0 Å². The molecule has 2 N–H and O–H groups in total. The minimum absolute atomic E-state index is 0.201. The van der Waals surface area contributed by atoms with Crippen molar-refractivity contribution in [2.75, 3.05) is 62.3 Å². The van der Waals surface area contributed by atoms with E-state index in [4.69, 9.17) is 4.74 Å². The third-order valence-electron chi connectivity index (χ3n) is 5.11. The number of hydrogen-bond donors (Lipinski definition) is 2. The number of guanidine groups is 1. The summed E-state index contributed by atoms with van der Waals surface area (Å²) in [6, 6.07) is 10.8. The number of piperazine rings is 1. The summed E-state index contributed by atoms with van der Waals surface area (Å²) in [6.07, 6.45) is 1.85. The molecule has 0 radical (unpaired) electrons. The van der Waals surface area contributed by atoms with Gasteiger partial charge < -0.3 is 25.2 Å². The third-order valence-corrected chi connectivity index (χ3v) is 5.11. The Morgan fingerprint density at radius 3 is 2.52 bits per heavy atom. The number of aromatic nitrogens is 1. The molecule has 1 aromatic carbocycles. The van der Waals surface area contributed by atoms with Gasteiger partial charge in [0.2, 0.25) is 0 Å². The highest BCUT2D eigenvalue weighted by atomic mass is 19.1. The Kier molecular flexibility index (Phi) is 8.90. The van der Waals surface area contributed by atoms with Gasteiger partial charge in [-0.2, -0.15) is 0 Å². The van der Waals surface area contributed by atoms with Gasteiger partial charge in [-0.05, 0) is 55.8 Å². The van der Waals surface area contributed by atoms with Crippen LogP contribution in [0.2, 0.25) is 0 Å². The first-order chi connectivity index (χ1) is 15.2. The average molecular weight is 429 g/mol. The maximum absolute atomic E-state index is 13.2. The van der Waals surface area contributed by atoms with E-state index in [-0.39, 0.29) is 5.82 Å². The molecule has 0 amide bonds. The second-order valence-electron chi connectivity index (χ2n) is 7.29. The lowest BCUT2D eigenvalue weighted by atomic mass is 10.2. The highest BCUT2D eigenvalue weighted by Gasteiger charge is 2.18. The molecular formula is C23H33FN6O. The minimum Gasteiger partial charge on any atom is -0.380 e.